The predicted octanol–water partition coefficient (Wildman–Crippen LogP) is 4.89. The van der Waals surface area contributed by atoms with Gasteiger partial charge in [0.1, 0.15) is 5.60 Å². The Kier molecular flexibility index (Phi) is 6.19. The second-order valence-corrected chi connectivity index (χ2v) is 9.64. The lowest BCUT2D eigenvalue weighted by Crippen LogP contribution is -2.51. The normalized spacial score (nSPS) is 18.4. The molecule has 0 bridgehead atoms. The van der Waals surface area contributed by atoms with Crippen LogP contribution < -0.4 is 5.32 Å². The summed E-state index contributed by atoms with van der Waals surface area (Å²) < 4.78 is 5.42. The Hall–Kier alpha value is -2.60. The largest absolute Gasteiger partial charge is 0.444 e. The van der Waals surface area contributed by atoms with Gasteiger partial charge in [-0.1, -0.05) is 37.1 Å². The molecule has 1 saturated carbocycles. The van der Waals surface area contributed by atoms with E-state index in [2.05, 4.69) is 10.2 Å². The van der Waals surface area contributed by atoms with Crippen LogP contribution in [-0.4, -0.2) is 59.6 Å². The van der Waals surface area contributed by atoms with Crippen molar-refractivity contribution >= 4 is 28.5 Å². The summed E-state index contributed by atoms with van der Waals surface area (Å²) in [5.74, 6) is -0.0390. The van der Waals surface area contributed by atoms with Gasteiger partial charge >= 0.3 is 6.09 Å². The molecule has 4 rings (SSSR count). The van der Waals surface area contributed by atoms with Crippen molar-refractivity contribution in [2.75, 3.05) is 31.5 Å². The van der Waals surface area contributed by atoms with Crippen molar-refractivity contribution in [1.82, 2.24) is 9.80 Å². The average molecular weight is 424 g/mol. The van der Waals surface area contributed by atoms with E-state index >= 15 is 0 Å². The predicted molar refractivity (Wildman–Crippen MR) is 124 cm³/mol. The van der Waals surface area contributed by atoms with Gasteiger partial charge in [-0.05, 0) is 56.5 Å². The maximum atomic E-state index is 13.5. The van der Waals surface area contributed by atoms with Crippen molar-refractivity contribution in [3.63, 3.8) is 0 Å². The Balaban J connectivity index is 1.55. The van der Waals surface area contributed by atoms with E-state index in [4.69, 9.17) is 4.74 Å². The van der Waals surface area contributed by atoms with Gasteiger partial charge in [-0.25, -0.2) is 4.79 Å². The Morgan fingerprint density at radius 2 is 1.58 bits per heavy atom. The number of hydrogen-bond donors (Lipinski definition) is 1. The van der Waals surface area contributed by atoms with E-state index in [0.29, 0.717) is 30.4 Å². The van der Waals surface area contributed by atoms with Gasteiger partial charge in [-0.15, -0.1) is 0 Å². The van der Waals surface area contributed by atoms with E-state index in [-0.39, 0.29) is 5.91 Å². The summed E-state index contributed by atoms with van der Waals surface area (Å²) >= 11 is 0. The number of nitrogens with one attached hydrogen (secondary N) is 1. The van der Waals surface area contributed by atoms with E-state index < -0.39 is 11.7 Å². The molecule has 31 heavy (non-hydrogen) atoms. The van der Waals surface area contributed by atoms with Crippen LogP contribution in [0.4, 0.5) is 10.5 Å². The first-order chi connectivity index (χ1) is 14.8. The van der Waals surface area contributed by atoms with Crippen molar-refractivity contribution in [1.29, 1.82) is 0 Å². The average Bonchev–Trinajstić information content (AvgIpc) is 3.26. The molecule has 2 amide bonds. The highest BCUT2D eigenvalue weighted by Gasteiger charge is 2.29. The van der Waals surface area contributed by atoms with Gasteiger partial charge < -0.3 is 9.64 Å². The summed E-state index contributed by atoms with van der Waals surface area (Å²) in [6, 6.07) is 12.3. The Labute approximate surface area is 184 Å². The molecule has 0 unspecified atom stereocenters. The first kappa shape index (κ1) is 21.6. The number of amides is 2. The molecule has 1 aliphatic heterocycles. The first-order valence-electron chi connectivity index (χ1n) is 11.4. The molecular weight excluding hydrogens is 390 g/mol. The second kappa shape index (κ2) is 8.87. The second-order valence-electron chi connectivity index (χ2n) is 9.64. The van der Waals surface area contributed by atoms with E-state index in [1.807, 2.05) is 62.1 Å². The van der Waals surface area contributed by atoms with Crippen LogP contribution in [0.3, 0.4) is 0 Å². The summed E-state index contributed by atoms with van der Waals surface area (Å²) in [6.45, 7) is 8.73. The van der Waals surface area contributed by atoms with Crippen molar-refractivity contribution in [2.24, 2.45) is 0 Å². The molecule has 2 aromatic carbocycles. The number of anilines is 1. The smallest absolute Gasteiger partial charge is 0.412 e. The van der Waals surface area contributed by atoms with Crippen LogP contribution >= 0.6 is 0 Å². The molecule has 2 aliphatic rings. The summed E-state index contributed by atoms with van der Waals surface area (Å²) in [4.78, 5) is 30.4. The highest BCUT2D eigenvalue weighted by molar-refractivity contribution is 6.07. The van der Waals surface area contributed by atoms with Gasteiger partial charge in [0.15, 0.2) is 0 Å². The summed E-state index contributed by atoms with van der Waals surface area (Å²) in [7, 11) is 0. The molecule has 0 radical (unpaired) electrons. The summed E-state index contributed by atoms with van der Waals surface area (Å²) in [5, 5.41) is 4.76. The number of carbonyl (C=O) groups is 2. The molecule has 6 nitrogen and oxygen atoms in total. The number of nitrogens with zero attached hydrogens (tertiary/aromatic N) is 2. The number of rotatable bonds is 3. The third kappa shape index (κ3) is 5.18. The molecule has 0 spiro atoms. The number of fused-ring (bicyclic) bond motifs is 1. The molecule has 0 atom stereocenters. The minimum Gasteiger partial charge on any atom is -0.444 e. The third-order valence-electron chi connectivity index (χ3n) is 6.19. The van der Waals surface area contributed by atoms with E-state index in [0.717, 1.165) is 23.9 Å². The fourth-order valence-corrected chi connectivity index (χ4v) is 4.66. The Morgan fingerprint density at radius 3 is 2.19 bits per heavy atom. The topological polar surface area (TPSA) is 61.9 Å². The highest BCUT2D eigenvalue weighted by Crippen LogP contribution is 2.28. The highest BCUT2D eigenvalue weighted by atomic mass is 16.6. The SMILES string of the molecule is CC(C)(C)OC(=O)Nc1cc2ccccc2cc1C(=O)N1CCN(C2CCCC2)CC1. The molecule has 0 aromatic heterocycles. The van der Waals surface area contributed by atoms with Gasteiger partial charge in [0, 0.05) is 32.2 Å². The maximum absolute atomic E-state index is 13.5. The zero-order valence-corrected chi connectivity index (χ0v) is 18.8. The van der Waals surface area contributed by atoms with Crippen LogP contribution in [0.1, 0.15) is 56.8 Å². The maximum Gasteiger partial charge on any atom is 0.412 e. The molecule has 6 heteroatoms. The number of ether oxygens (including phenoxy) is 1. The van der Waals surface area contributed by atoms with Gasteiger partial charge in [0.2, 0.25) is 0 Å². The lowest BCUT2D eigenvalue weighted by Gasteiger charge is -2.38. The number of hydrogen-bond acceptors (Lipinski definition) is 4. The quantitative estimate of drug-likeness (QED) is 0.764. The van der Waals surface area contributed by atoms with Crippen LogP contribution in [0, 0.1) is 0 Å². The Bertz CT molecular complexity index is 952. The number of piperazine rings is 1. The molecule has 1 heterocycles. The molecule has 1 aliphatic carbocycles. The van der Waals surface area contributed by atoms with Gasteiger partial charge in [-0.2, -0.15) is 0 Å². The fraction of sp³-hybridized carbons (Fsp3) is 0.520. The van der Waals surface area contributed by atoms with Crippen LogP contribution in [-0.2, 0) is 4.74 Å². The third-order valence-corrected chi connectivity index (χ3v) is 6.19. The van der Waals surface area contributed by atoms with Gasteiger partial charge in [0.25, 0.3) is 5.91 Å². The van der Waals surface area contributed by atoms with E-state index in [1.165, 1.54) is 25.7 Å². The van der Waals surface area contributed by atoms with Crippen LogP contribution in [0.5, 0.6) is 0 Å². The van der Waals surface area contributed by atoms with Crippen LogP contribution in [0.2, 0.25) is 0 Å². The lowest BCUT2D eigenvalue weighted by molar-refractivity contribution is 0.0574. The fourth-order valence-electron chi connectivity index (χ4n) is 4.66. The van der Waals surface area contributed by atoms with E-state index in [1.54, 1.807) is 0 Å². The minimum absolute atomic E-state index is 0.0390. The monoisotopic (exact) mass is 423 g/mol. The van der Waals surface area contributed by atoms with Crippen LogP contribution in [0.15, 0.2) is 36.4 Å². The molecule has 2 aromatic rings. The molecule has 1 saturated heterocycles. The lowest BCUT2D eigenvalue weighted by atomic mass is 10.0. The first-order valence-corrected chi connectivity index (χ1v) is 11.4. The molecule has 2 fully saturated rings. The van der Waals surface area contributed by atoms with Crippen molar-refractivity contribution < 1.29 is 14.3 Å². The van der Waals surface area contributed by atoms with E-state index in [9.17, 15) is 9.59 Å². The minimum atomic E-state index is -0.609. The molecule has 1 N–H and O–H groups in total. The summed E-state index contributed by atoms with van der Waals surface area (Å²) in [6.07, 6.45) is 4.65. The zero-order chi connectivity index (χ0) is 22.0. The molecular formula is C25H33N3O3. The summed E-state index contributed by atoms with van der Waals surface area (Å²) in [5.41, 5.74) is 0.400. The molecule has 166 valence electrons. The van der Waals surface area contributed by atoms with Crippen molar-refractivity contribution in [3.05, 3.63) is 42.0 Å². The van der Waals surface area contributed by atoms with Crippen molar-refractivity contribution in [3.8, 4) is 0 Å². The van der Waals surface area contributed by atoms with Crippen LogP contribution in [0.25, 0.3) is 10.8 Å². The number of benzene rings is 2. The van der Waals surface area contributed by atoms with Gasteiger partial charge in [-0.3, -0.25) is 15.0 Å². The van der Waals surface area contributed by atoms with Gasteiger partial charge in [0.05, 0.1) is 11.3 Å². The van der Waals surface area contributed by atoms with Crippen molar-refractivity contribution in [2.45, 2.75) is 58.1 Å². The Morgan fingerprint density at radius 1 is 0.968 bits per heavy atom. The zero-order valence-electron chi connectivity index (χ0n) is 18.8. The number of carbonyl (C=O) groups excluding carboxylic acids is 2. The standard InChI is InChI=1S/C25H33N3O3/c1-25(2,3)31-24(30)26-22-17-19-9-5-4-8-18(19)16-21(22)23(29)28-14-12-27(13-15-28)20-10-6-7-11-20/h4-5,8-9,16-17,20H,6-7,10-15H2,1-3H3,(H,26,30).